The second-order valence-corrected chi connectivity index (χ2v) is 5.53. The Labute approximate surface area is 80.0 Å². The van der Waals surface area contributed by atoms with Gasteiger partial charge in [0.25, 0.3) is 0 Å². The first-order valence-corrected chi connectivity index (χ1v) is 4.36. The molecule has 0 fully saturated rings. The minimum atomic E-state index is -1.38. The largest absolute Gasteiger partial charge is 0.429 e. The van der Waals surface area contributed by atoms with Gasteiger partial charge in [-0.05, 0) is 6.92 Å². The van der Waals surface area contributed by atoms with Crippen molar-refractivity contribution in [3.63, 3.8) is 0 Å². The Morgan fingerprint density at radius 1 is 1.45 bits per heavy atom. The van der Waals surface area contributed by atoms with E-state index in [1.54, 1.807) is 6.92 Å². The van der Waals surface area contributed by atoms with Crippen molar-refractivity contribution in [2.45, 2.75) is 10.2 Å². The zero-order chi connectivity index (χ0) is 8.65. The monoisotopic (exact) mass is 282 g/mol. The van der Waals surface area contributed by atoms with Crippen molar-refractivity contribution < 1.29 is 14.3 Å². The van der Waals surface area contributed by atoms with Gasteiger partial charge in [0.1, 0.15) is 5.76 Å². The predicted octanol–water partition coefficient (Wildman–Crippen LogP) is 1.50. The molecular weight excluding hydrogens is 280 g/mol. The Morgan fingerprint density at radius 3 is 2.45 bits per heavy atom. The summed E-state index contributed by atoms with van der Waals surface area (Å²) in [4.78, 5) is 22.0. The van der Waals surface area contributed by atoms with E-state index >= 15 is 0 Å². The first kappa shape index (κ1) is 8.93. The zero-order valence-corrected chi connectivity index (χ0v) is 8.73. The fourth-order valence-electron chi connectivity index (χ4n) is 0.616. The summed E-state index contributed by atoms with van der Waals surface area (Å²) in [5, 5.41) is 0. The molecule has 11 heavy (non-hydrogen) atoms. The van der Waals surface area contributed by atoms with Gasteiger partial charge in [0, 0.05) is 6.08 Å². The minimum absolute atomic E-state index is 0.314. The quantitative estimate of drug-likeness (QED) is 0.384. The molecule has 5 heteroatoms. The highest BCUT2D eigenvalue weighted by molar-refractivity contribution is 9.26. The summed E-state index contributed by atoms with van der Waals surface area (Å²) in [5.74, 6) is -0.678. The molecule has 3 nitrogen and oxygen atoms in total. The van der Waals surface area contributed by atoms with Gasteiger partial charge in [0.15, 0.2) is 5.78 Å². The number of halogens is 2. The van der Waals surface area contributed by atoms with Crippen LogP contribution in [0.1, 0.15) is 6.92 Å². The van der Waals surface area contributed by atoms with Gasteiger partial charge < -0.3 is 4.74 Å². The van der Waals surface area contributed by atoms with Crippen LogP contribution >= 0.6 is 31.9 Å². The molecule has 0 aliphatic carbocycles. The fraction of sp³-hybridized carbons (Fsp3) is 0.333. The SMILES string of the molecule is CC1=CC(=O)C(Br)(Br)C(=O)O1. The molecule has 0 N–H and O–H groups in total. The molecule has 1 aliphatic rings. The molecule has 0 atom stereocenters. The van der Waals surface area contributed by atoms with Crippen LogP contribution in [0.15, 0.2) is 11.8 Å². The van der Waals surface area contributed by atoms with Gasteiger partial charge in [0.05, 0.1) is 0 Å². The molecule has 0 bridgehead atoms. The van der Waals surface area contributed by atoms with Crippen LogP contribution in [0.2, 0.25) is 0 Å². The Hall–Kier alpha value is -0.160. The zero-order valence-electron chi connectivity index (χ0n) is 5.56. The summed E-state index contributed by atoms with van der Waals surface area (Å²) >= 11 is 5.80. The smallest absolute Gasteiger partial charge is 0.347 e. The van der Waals surface area contributed by atoms with Crippen LogP contribution in [-0.2, 0) is 14.3 Å². The van der Waals surface area contributed by atoms with Crippen LogP contribution in [0.4, 0.5) is 0 Å². The minimum Gasteiger partial charge on any atom is -0.429 e. The van der Waals surface area contributed by atoms with Crippen LogP contribution < -0.4 is 0 Å². The molecule has 0 amide bonds. The normalized spacial score (nSPS) is 22.6. The van der Waals surface area contributed by atoms with Crippen LogP contribution in [0.25, 0.3) is 0 Å². The molecule has 0 saturated carbocycles. The van der Waals surface area contributed by atoms with E-state index in [-0.39, 0.29) is 5.78 Å². The Balaban J connectivity index is 3.06. The van der Waals surface area contributed by atoms with Gasteiger partial charge in [0.2, 0.25) is 3.23 Å². The van der Waals surface area contributed by atoms with Gasteiger partial charge in [-0.3, -0.25) is 4.79 Å². The molecule has 0 radical (unpaired) electrons. The molecule has 1 rings (SSSR count). The topological polar surface area (TPSA) is 43.4 Å². The molecule has 0 saturated heterocycles. The molecule has 0 aromatic carbocycles. The van der Waals surface area contributed by atoms with Crippen LogP contribution in [-0.4, -0.2) is 15.0 Å². The summed E-state index contributed by atoms with van der Waals surface area (Å²) < 4.78 is 3.30. The lowest BCUT2D eigenvalue weighted by atomic mass is 10.2. The lowest BCUT2D eigenvalue weighted by molar-refractivity contribution is -0.143. The van der Waals surface area contributed by atoms with E-state index < -0.39 is 9.20 Å². The highest BCUT2D eigenvalue weighted by Crippen LogP contribution is 2.33. The number of cyclic esters (lactones) is 1. The third-order valence-electron chi connectivity index (χ3n) is 1.15. The number of esters is 1. The third kappa shape index (κ3) is 1.54. The number of alkyl halides is 2. The number of hydrogen-bond donors (Lipinski definition) is 0. The van der Waals surface area contributed by atoms with Gasteiger partial charge in [-0.2, -0.15) is 0 Å². The van der Waals surface area contributed by atoms with Gasteiger partial charge in [-0.15, -0.1) is 0 Å². The summed E-state index contributed by atoms with van der Waals surface area (Å²) in [6.45, 7) is 1.55. The van der Waals surface area contributed by atoms with E-state index in [4.69, 9.17) is 0 Å². The molecule has 60 valence electrons. The molecule has 0 spiro atoms. The second kappa shape index (κ2) is 2.71. The maximum atomic E-state index is 11.1. The summed E-state index contributed by atoms with van der Waals surface area (Å²) in [5.41, 5.74) is 0. The van der Waals surface area contributed by atoms with Crippen molar-refractivity contribution in [3.8, 4) is 0 Å². The van der Waals surface area contributed by atoms with Crippen LogP contribution in [0.5, 0.6) is 0 Å². The number of ketones is 1. The van der Waals surface area contributed by atoms with Crippen LogP contribution in [0.3, 0.4) is 0 Å². The van der Waals surface area contributed by atoms with Crippen LogP contribution in [0, 0.1) is 0 Å². The van der Waals surface area contributed by atoms with Crippen molar-refractivity contribution in [2.75, 3.05) is 0 Å². The standard InChI is InChI=1S/C6H4Br2O3/c1-3-2-4(9)6(7,8)5(10)11-3/h2H,1H3. The van der Waals surface area contributed by atoms with Gasteiger partial charge in [-0.25, -0.2) is 4.79 Å². The summed E-state index contributed by atoms with van der Waals surface area (Å²) in [6.07, 6.45) is 1.25. The average molecular weight is 284 g/mol. The fourth-order valence-corrected chi connectivity index (χ4v) is 1.01. The van der Waals surface area contributed by atoms with Crippen molar-refractivity contribution in [1.82, 2.24) is 0 Å². The van der Waals surface area contributed by atoms with E-state index in [0.29, 0.717) is 5.76 Å². The number of carbonyl (C=O) groups excluding carboxylic acids is 2. The Morgan fingerprint density at radius 2 is 2.00 bits per heavy atom. The summed E-state index contributed by atoms with van der Waals surface area (Å²) in [7, 11) is 0. The number of carbonyl (C=O) groups is 2. The van der Waals surface area contributed by atoms with Crippen molar-refractivity contribution in [1.29, 1.82) is 0 Å². The average Bonchev–Trinajstić information content (AvgIpc) is 1.84. The lowest BCUT2D eigenvalue weighted by Crippen LogP contribution is -2.38. The highest BCUT2D eigenvalue weighted by atomic mass is 79.9. The molecule has 1 heterocycles. The Kier molecular flexibility index (Phi) is 2.20. The molecular formula is C6H4Br2O3. The maximum absolute atomic E-state index is 11.1. The maximum Gasteiger partial charge on any atom is 0.347 e. The van der Waals surface area contributed by atoms with Gasteiger partial charge in [-0.1, -0.05) is 31.9 Å². The number of allylic oxidation sites excluding steroid dienone is 2. The molecule has 0 aromatic rings. The Bertz CT molecular complexity index is 255. The van der Waals surface area contributed by atoms with E-state index in [1.807, 2.05) is 0 Å². The molecule has 1 aliphatic heterocycles. The van der Waals surface area contributed by atoms with E-state index in [2.05, 4.69) is 36.6 Å². The van der Waals surface area contributed by atoms with Crippen molar-refractivity contribution in [2.24, 2.45) is 0 Å². The van der Waals surface area contributed by atoms with E-state index in [9.17, 15) is 9.59 Å². The van der Waals surface area contributed by atoms with Crippen molar-refractivity contribution in [3.05, 3.63) is 11.8 Å². The van der Waals surface area contributed by atoms with E-state index in [1.165, 1.54) is 6.08 Å². The van der Waals surface area contributed by atoms with Gasteiger partial charge >= 0.3 is 5.97 Å². The van der Waals surface area contributed by atoms with Crippen molar-refractivity contribution >= 4 is 43.6 Å². The molecule has 0 unspecified atom stereocenters. The molecule has 0 aromatic heterocycles. The number of hydrogen-bond acceptors (Lipinski definition) is 3. The highest BCUT2D eigenvalue weighted by Gasteiger charge is 2.44. The summed E-state index contributed by atoms with van der Waals surface area (Å²) in [6, 6.07) is 0. The van der Waals surface area contributed by atoms with E-state index in [0.717, 1.165) is 0 Å². The first-order valence-electron chi connectivity index (χ1n) is 2.77. The lowest BCUT2D eigenvalue weighted by Gasteiger charge is -2.20. The number of ether oxygens (including phenoxy) is 1. The first-order chi connectivity index (χ1) is 4.94. The predicted molar refractivity (Wildman–Crippen MR) is 45.4 cm³/mol. The third-order valence-corrected chi connectivity index (χ3v) is 2.58. The second-order valence-electron chi connectivity index (χ2n) is 2.08. The number of rotatable bonds is 0.